The van der Waals surface area contributed by atoms with Crippen LogP contribution in [-0.4, -0.2) is 23.7 Å². The lowest BCUT2D eigenvalue weighted by atomic mass is 9.81. The van der Waals surface area contributed by atoms with Crippen molar-refractivity contribution in [2.75, 3.05) is 0 Å². The first-order valence-corrected chi connectivity index (χ1v) is 9.67. The Morgan fingerprint density at radius 1 is 0.966 bits per heavy atom. The number of carbonyl (C=O) groups is 1. The molecule has 0 fully saturated rings. The highest BCUT2D eigenvalue weighted by Crippen LogP contribution is 2.31. The molecule has 2 aromatic rings. The van der Waals surface area contributed by atoms with Crippen LogP contribution in [0.2, 0.25) is 0 Å². The summed E-state index contributed by atoms with van der Waals surface area (Å²) in [6.07, 6.45) is 0.0335. The van der Waals surface area contributed by atoms with Crippen molar-refractivity contribution < 1.29 is 23.0 Å². The summed E-state index contributed by atoms with van der Waals surface area (Å²) in [7, 11) is 0. The Morgan fingerprint density at radius 2 is 1.45 bits per heavy atom. The van der Waals surface area contributed by atoms with Gasteiger partial charge >= 0.3 is 5.97 Å². The van der Waals surface area contributed by atoms with Gasteiger partial charge in [0.05, 0.1) is 12.2 Å². The van der Waals surface area contributed by atoms with E-state index in [1.54, 1.807) is 38.1 Å². The quantitative estimate of drug-likeness (QED) is 0.628. The second-order valence-corrected chi connectivity index (χ2v) is 7.89. The van der Waals surface area contributed by atoms with Crippen molar-refractivity contribution in [2.24, 2.45) is 11.7 Å². The van der Waals surface area contributed by atoms with E-state index in [-0.39, 0.29) is 24.2 Å². The van der Waals surface area contributed by atoms with E-state index in [0.717, 1.165) is 11.1 Å². The summed E-state index contributed by atoms with van der Waals surface area (Å²) >= 11 is 0. The summed E-state index contributed by atoms with van der Waals surface area (Å²) in [5, 5.41) is 0. The molecule has 0 bridgehead atoms. The molecule has 2 rings (SSSR count). The number of ether oxygens (including phenoxy) is 2. The second kappa shape index (κ2) is 9.94. The van der Waals surface area contributed by atoms with Gasteiger partial charge in [-0.1, -0.05) is 24.3 Å². The maximum Gasteiger partial charge on any atom is 0.322 e. The molecule has 158 valence electrons. The summed E-state index contributed by atoms with van der Waals surface area (Å²) < 4.78 is 38.1. The van der Waals surface area contributed by atoms with Crippen molar-refractivity contribution in [1.82, 2.24) is 0 Å². The van der Waals surface area contributed by atoms with Crippen LogP contribution in [0.25, 0.3) is 0 Å². The van der Waals surface area contributed by atoms with Crippen molar-refractivity contribution in [3.8, 4) is 0 Å². The molecule has 0 saturated heterocycles. The molecule has 0 radical (unpaired) electrons. The molecule has 0 amide bonds. The molecule has 0 spiro atoms. The topological polar surface area (TPSA) is 61.6 Å². The SMILES string of the molecule is CC(N)C(=O)O[C@@H](C)[C@H](Cc1ccc(F)cc1)C(C)(C)OCc1ccc(F)cc1. The molecule has 1 unspecified atom stereocenters. The molecular weight excluding hydrogens is 376 g/mol. The summed E-state index contributed by atoms with van der Waals surface area (Å²) in [6.45, 7) is 7.49. The predicted molar refractivity (Wildman–Crippen MR) is 108 cm³/mol. The molecule has 0 aromatic heterocycles. The smallest absolute Gasteiger partial charge is 0.322 e. The molecule has 2 N–H and O–H groups in total. The second-order valence-electron chi connectivity index (χ2n) is 7.89. The van der Waals surface area contributed by atoms with E-state index in [1.165, 1.54) is 24.3 Å². The molecule has 0 aliphatic carbocycles. The van der Waals surface area contributed by atoms with Crippen LogP contribution >= 0.6 is 0 Å². The summed E-state index contributed by atoms with van der Waals surface area (Å²) in [6, 6.07) is 11.6. The molecule has 2 aromatic carbocycles. The fourth-order valence-corrected chi connectivity index (χ4v) is 3.18. The van der Waals surface area contributed by atoms with E-state index in [0.29, 0.717) is 6.42 Å². The zero-order valence-corrected chi connectivity index (χ0v) is 17.3. The lowest BCUT2D eigenvalue weighted by Crippen LogP contribution is -2.45. The Balaban J connectivity index is 2.19. The molecule has 4 nitrogen and oxygen atoms in total. The summed E-state index contributed by atoms with van der Waals surface area (Å²) in [4.78, 5) is 12.0. The maximum absolute atomic E-state index is 13.3. The molecule has 0 saturated carbocycles. The lowest BCUT2D eigenvalue weighted by molar-refractivity contribution is -0.161. The minimum atomic E-state index is -0.729. The molecular formula is C23H29F2NO3. The minimum absolute atomic E-state index is 0.226. The number of hydrogen-bond acceptors (Lipinski definition) is 4. The van der Waals surface area contributed by atoms with Gasteiger partial charge in [-0.25, -0.2) is 8.78 Å². The number of carbonyl (C=O) groups excluding carboxylic acids is 1. The highest BCUT2D eigenvalue weighted by molar-refractivity contribution is 5.75. The number of rotatable bonds is 9. The summed E-state index contributed by atoms with van der Waals surface area (Å²) in [5.41, 5.74) is 6.67. The van der Waals surface area contributed by atoms with Crippen LogP contribution < -0.4 is 5.73 Å². The lowest BCUT2D eigenvalue weighted by Gasteiger charge is -2.38. The Kier molecular flexibility index (Phi) is 7.88. The van der Waals surface area contributed by atoms with Crippen molar-refractivity contribution in [2.45, 2.75) is 58.5 Å². The Hall–Kier alpha value is -2.31. The highest BCUT2D eigenvalue weighted by atomic mass is 19.1. The standard InChI is InChI=1S/C23H29F2NO3/c1-15(26)22(27)29-16(2)21(13-17-5-9-19(24)10-6-17)23(3,4)28-14-18-7-11-20(25)12-8-18/h5-12,15-16,21H,13-14,26H2,1-4H3/t15?,16-,21-/m0/s1. The van der Waals surface area contributed by atoms with Crippen LogP contribution in [0.5, 0.6) is 0 Å². The monoisotopic (exact) mass is 405 g/mol. The molecule has 0 aliphatic heterocycles. The Bertz CT molecular complexity index is 789. The van der Waals surface area contributed by atoms with E-state index in [9.17, 15) is 13.6 Å². The molecule has 0 heterocycles. The molecule has 6 heteroatoms. The average molecular weight is 405 g/mol. The predicted octanol–water partition coefficient (Wildman–Crippen LogP) is 4.40. The average Bonchev–Trinajstić information content (AvgIpc) is 2.66. The van der Waals surface area contributed by atoms with Crippen molar-refractivity contribution in [1.29, 1.82) is 0 Å². The van der Waals surface area contributed by atoms with Crippen molar-refractivity contribution in [3.05, 3.63) is 71.3 Å². The molecule has 0 aliphatic rings. The zero-order valence-electron chi connectivity index (χ0n) is 17.3. The normalized spacial score (nSPS) is 14.9. The zero-order chi connectivity index (χ0) is 21.6. The molecule has 29 heavy (non-hydrogen) atoms. The van der Waals surface area contributed by atoms with E-state index in [1.807, 2.05) is 13.8 Å². The Labute approximate surface area is 171 Å². The summed E-state index contributed by atoms with van der Waals surface area (Å²) in [5.74, 6) is -1.33. The van der Waals surface area contributed by atoms with Gasteiger partial charge in [0.2, 0.25) is 0 Å². The number of benzene rings is 2. The number of esters is 1. The molecule has 3 atom stereocenters. The van der Waals surface area contributed by atoms with Crippen LogP contribution in [0, 0.1) is 17.6 Å². The maximum atomic E-state index is 13.3. The van der Waals surface area contributed by atoms with Crippen LogP contribution in [0.4, 0.5) is 8.78 Å². The van der Waals surface area contributed by atoms with Gasteiger partial charge in [0.15, 0.2) is 0 Å². The third kappa shape index (κ3) is 6.91. The van der Waals surface area contributed by atoms with Crippen LogP contribution in [0.15, 0.2) is 48.5 Å². The minimum Gasteiger partial charge on any atom is -0.461 e. The first kappa shape index (κ1) is 23.0. The van der Waals surface area contributed by atoms with Gasteiger partial charge in [0.1, 0.15) is 23.8 Å². The first-order valence-electron chi connectivity index (χ1n) is 9.67. The van der Waals surface area contributed by atoms with Gasteiger partial charge in [-0.05, 0) is 69.5 Å². The van der Waals surface area contributed by atoms with Crippen molar-refractivity contribution >= 4 is 5.97 Å². The van der Waals surface area contributed by atoms with E-state index >= 15 is 0 Å². The largest absolute Gasteiger partial charge is 0.461 e. The number of hydrogen-bond donors (Lipinski definition) is 1. The Morgan fingerprint density at radius 3 is 1.93 bits per heavy atom. The van der Waals surface area contributed by atoms with E-state index < -0.39 is 23.7 Å². The van der Waals surface area contributed by atoms with Crippen LogP contribution in [-0.2, 0) is 27.3 Å². The number of halogens is 2. The van der Waals surface area contributed by atoms with E-state index in [2.05, 4.69) is 0 Å². The van der Waals surface area contributed by atoms with Crippen molar-refractivity contribution in [3.63, 3.8) is 0 Å². The van der Waals surface area contributed by atoms with Gasteiger partial charge < -0.3 is 15.2 Å². The van der Waals surface area contributed by atoms with E-state index in [4.69, 9.17) is 15.2 Å². The van der Waals surface area contributed by atoms with Gasteiger partial charge in [-0.3, -0.25) is 4.79 Å². The third-order valence-electron chi connectivity index (χ3n) is 5.03. The van der Waals surface area contributed by atoms with Crippen LogP contribution in [0.1, 0.15) is 38.8 Å². The first-order chi connectivity index (χ1) is 13.6. The van der Waals surface area contributed by atoms with Gasteiger partial charge in [0, 0.05) is 5.92 Å². The highest BCUT2D eigenvalue weighted by Gasteiger charge is 2.37. The van der Waals surface area contributed by atoms with Gasteiger partial charge in [-0.15, -0.1) is 0 Å². The fourth-order valence-electron chi connectivity index (χ4n) is 3.18. The van der Waals surface area contributed by atoms with Gasteiger partial charge in [-0.2, -0.15) is 0 Å². The van der Waals surface area contributed by atoms with Crippen LogP contribution in [0.3, 0.4) is 0 Å². The number of nitrogens with two attached hydrogens (primary N) is 1. The third-order valence-corrected chi connectivity index (χ3v) is 5.03. The fraction of sp³-hybridized carbons (Fsp3) is 0.435. The van der Waals surface area contributed by atoms with Gasteiger partial charge in [0.25, 0.3) is 0 Å².